The summed E-state index contributed by atoms with van der Waals surface area (Å²) in [5, 5.41) is 3.42. The number of hydrogen-bond acceptors (Lipinski definition) is 4. The quantitative estimate of drug-likeness (QED) is 0.729. The predicted octanol–water partition coefficient (Wildman–Crippen LogP) is 2.43. The van der Waals surface area contributed by atoms with Gasteiger partial charge in [-0.1, -0.05) is 20.8 Å². The summed E-state index contributed by atoms with van der Waals surface area (Å²) in [6.45, 7) is 10.8. The third-order valence-electron chi connectivity index (χ3n) is 4.18. The molecule has 1 aliphatic carbocycles. The number of nitrogens with zero attached hydrogens (tertiary/aromatic N) is 1. The molecule has 1 N–H and O–H groups in total. The van der Waals surface area contributed by atoms with E-state index in [1.807, 2.05) is 6.92 Å². The van der Waals surface area contributed by atoms with E-state index >= 15 is 0 Å². The Morgan fingerprint density at radius 3 is 2.70 bits per heavy atom. The lowest BCUT2D eigenvalue weighted by Gasteiger charge is -2.43. The highest BCUT2D eigenvalue weighted by molar-refractivity contribution is 5.81. The standard InChI is InChI=1S/C16H32N2O2/c1-6-17-16(15(19)20-7-2)10-8-9-14(11-16)18(5)12-13(3)4/h13-14,17H,6-12H2,1-5H3. The molecule has 0 saturated heterocycles. The van der Waals surface area contributed by atoms with E-state index in [9.17, 15) is 4.79 Å². The van der Waals surface area contributed by atoms with Crippen molar-refractivity contribution in [3.05, 3.63) is 0 Å². The van der Waals surface area contributed by atoms with Crippen LogP contribution in [0.15, 0.2) is 0 Å². The van der Waals surface area contributed by atoms with Crippen molar-refractivity contribution in [1.29, 1.82) is 0 Å². The molecule has 2 atom stereocenters. The lowest BCUT2D eigenvalue weighted by molar-refractivity contribution is -0.153. The Labute approximate surface area is 124 Å². The summed E-state index contributed by atoms with van der Waals surface area (Å²) in [6.07, 6.45) is 4.02. The van der Waals surface area contributed by atoms with Gasteiger partial charge in [0.2, 0.25) is 0 Å². The van der Waals surface area contributed by atoms with Crippen molar-refractivity contribution in [3.63, 3.8) is 0 Å². The van der Waals surface area contributed by atoms with E-state index in [0.717, 1.165) is 32.4 Å². The topological polar surface area (TPSA) is 41.6 Å². The number of ether oxygens (including phenoxy) is 1. The van der Waals surface area contributed by atoms with Gasteiger partial charge >= 0.3 is 5.97 Å². The van der Waals surface area contributed by atoms with Crippen LogP contribution in [0.5, 0.6) is 0 Å². The van der Waals surface area contributed by atoms with E-state index in [2.05, 4.69) is 38.0 Å². The number of hydrogen-bond donors (Lipinski definition) is 1. The molecule has 1 aliphatic rings. The molecule has 2 unspecified atom stereocenters. The highest BCUT2D eigenvalue weighted by Crippen LogP contribution is 2.32. The first-order valence-corrected chi connectivity index (χ1v) is 8.07. The Hall–Kier alpha value is -0.610. The molecule has 0 heterocycles. The molecule has 1 rings (SSSR count). The minimum atomic E-state index is -0.473. The Balaban J connectivity index is 2.77. The third-order valence-corrected chi connectivity index (χ3v) is 4.18. The average molecular weight is 284 g/mol. The van der Waals surface area contributed by atoms with Gasteiger partial charge in [-0.25, -0.2) is 0 Å². The molecule has 0 aromatic rings. The number of carbonyl (C=O) groups is 1. The fraction of sp³-hybridized carbons (Fsp3) is 0.938. The molecular formula is C16H32N2O2. The van der Waals surface area contributed by atoms with Gasteiger partial charge in [-0.3, -0.25) is 4.79 Å². The molecule has 4 heteroatoms. The van der Waals surface area contributed by atoms with Gasteiger partial charge in [0.25, 0.3) is 0 Å². The molecular weight excluding hydrogens is 252 g/mol. The molecule has 1 fully saturated rings. The maximum Gasteiger partial charge on any atom is 0.326 e. The van der Waals surface area contributed by atoms with Crippen LogP contribution in [-0.2, 0) is 9.53 Å². The second kappa shape index (κ2) is 7.99. The summed E-state index contributed by atoms with van der Waals surface area (Å²) in [6, 6.07) is 0.467. The Kier molecular flexibility index (Phi) is 6.96. The monoisotopic (exact) mass is 284 g/mol. The lowest BCUT2D eigenvalue weighted by Crippen LogP contribution is -2.58. The molecule has 0 aliphatic heterocycles. The molecule has 0 bridgehead atoms. The smallest absolute Gasteiger partial charge is 0.326 e. The van der Waals surface area contributed by atoms with Crippen molar-refractivity contribution in [2.45, 2.75) is 65.0 Å². The molecule has 0 aromatic carbocycles. The first kappa shape index (κ1) is 17.4. The van der Waals surface area contributed by atoms with Crippen molar-refractivity contribution in [3.8, 4) is 0 Å². The van der Waals surface area contributed by atoms with E-state index in [1.54, 1.807) is 0 Å². The largest absolute Gasteiger partial charge is 0.465 e. The predicted molar refractivity (Wildman–Crippen MR) is 82.8 cm³/mol. The van der Waals surface area contributed by atoms with Crippen molar-refractivity contribution in [2.75, 3.05) is 26.7 Å². The Bertz CT molecular complexity index is 303. The highest BCUT2D eigenvalue weighted by Gasteiger charge is 2.44. The Morgan fingerprint density at radius 2 is 2.15 bits per heavy atom. The van der Waals surface area contributed by atoms with E-state index in [-0.39, 0.29) is 5.97 Å². The number of esters is 1. The number of nitrogens with one attached hydrogen (secondary N) is 1. The summed E-state index contributed by atoms with van der Waals surface area (Å²) < 4.78 is 5.33. The number of rotatable bonds is 7. The summed E-state index contributed by atoms with van der Waals surface area (Å²) >= 11 is 0. The minimum absolute atomic E-state index is 0.0653. The summed E-state index contributed by atoms with van der Waals surface area (Å²) in [4.78, 5) is 14.8. The zero-order valence-electron chi connectivity index (χ0n) is 13.9. The maximum absolute atomic E-state index is 12.4. The highest BCUT2D eigenvalue weighted by atomic mass is 16.5. The van der Waals surface area contributed by atoms with Gasteiger partial charge in [-0.05, 0) is 52.1 Å². The van der Waals surface area contributed by atoms with E-state index in [0.29, 0.717) is 18.6 Å². The summed E-state index contributed by atoms with van der Waals surface area (Å²) in [5.74, 6) is 0.586. The van der Waals surface area contributed by atoms with Gasteiger partial charge in [-0.15, -0.1) is 0 Å². The van der Waals surface area contributed by atoms with Crippen LogP contribution in [0.3, 0.4) is 0 Å². The van der Waals surface area contributed by atoms with Crippen LogP contribution >= 0.6 is 0 Å². The average Bonchev–Trinajstić information content (AvgIpc) is 2.39. The molecule has 0 spiro atoms. The lowest BCUT2D eigenvalue weighted by atomic mass is 9.78. The molecule has 1 saturated carbocycles. The third kappa shape index (κ3) is 4.45. The van der Waals surface area contributed by atoms with Crippen LogP contribution < -0.4 is 5.32 Å². The van der Waals surface area contributed by atoms with Crippen LogP contribution in [0.1, 0.15) is 53.4 Å². The van der Waals surface area contributed by atoms with Gasteiger partial charge < -0.3 is 15.0 Å². The molecule has 0 radical (unpaired) electrons. The zero-order valence-corrected chi connectivity index (χ0v) is 13.9. The fourth-order valence-electron chi connectivity index (χ4n) is 3.37. The van der Waals surface area contributed by atoms with Crippen molar-refractivity contribution < 1.29 is 9.53 Å². The summed E-state index contributed by atoms with van der Waals surface area (Å²) in [7, 11) is 2.18. The normalized spacial score (nSPS) is 27.1. The van der Waals surface area contributed by atoms with E-state index in [4.69, 9.17) is 4.74 Å². The van der Waals surface area contributed by atoms with Crippen LogP contribution in [-0.4, -0.2) is 49.2 Å². The first-order chi connectivity index (χ1) is 9.45. The van der Waals surface area contributed by atoms with Gasteiger partial charge in [-0.2, -0.15) is 0 Å². The van der Waals surface area contributed by atoms with Crippen LogP contribution in [0.4, 0.5) is 0 Å². The maximum atomic E-state index is 12.4. The van der Waals surface area contributed by atoms with Crippen molar-refractivity contribution in [2.24, 2.45) is 5.92 Å². The number of likely N-dealkylation sites (N-methyl/N-ethyl adjacent to an activating group) is 1. The van der Waals surface area contributed by atoms with Crippen LogP contribution in [0.2, 0.25) is 0 Å². The van der Waals surface area contributed by atoms with Crippen molar-refractivity contribution in [1.82, 2.24) is 10.2 Å². The molecule has 20 heavy (non-hydrogen) atoms. The second-order valence-corrected chi connectivity index (χ2v) is 6.42. The minimum Gasteiger partial charge on any atom is -0.465 e. The van der Waals surface area contributed by atoms with E-state index in [1.165, 1.54) is 6.42 Å². The molecule has 0 amide bonds. The molecule has 4 nitrogen and oxygen atoms in total. The van der Waals surface area contributed by atoms with Gasteiger partial charge in [0.1, 0.15) is 5.54 Å². The van der Waals surface area contributed by atoms with Gasteiger partial charge in [0.05, 0.1) is 6.61 Å². The zero-order chi connectivity index (χ0) is 15.2. The van der Waals surface area contributed by atoms with Crippen LogP contribution in [0, 0.1) is 5.92 Å². The van der Waals surface area contributed by atoms with Gasteiger partial charge in [0, 0.05) is 12.6 Å². The number of carbonyl (C=O) groups excluding carboxylic acids is 1. The second-order valence-electron chi connectivity index (χ2n) is 6.42. The fourth-order valence-corrected chi connectivity index (χ4v) is 3.37. The molecule has 0 aromatic heterocycles. The summed E-state index contributed by atoms with van der Waals surface area (Å²) in [5.41, 5.74) is -0.473. The SMILES string of the molecule is CCNC1(C(=O)OCC)CCCC(N(C)CC(C)C)C1. The Morgan fingerprint density at radius 1 is 1.45 bits per heavy atom. The molecule has 118 valence electrons. The van der Waals surface area contributed by atoms with Gasteiger partial charge in [0.15, 0.2) is 0 Å². The van der Waals surface area contributed by atoms with Crippen LogP contribution in [0.25, 0.3) is 0 Å². The van der Waals surface area contributed by atoms with Crippen molar-refractivity contribution >= 4 is 5.97 Å². The first-order valence-electron chi connectivity index (χ1n) is 8.07. The van der Waals surface area contributed by atoms with E-state index < -0.39 is 5.54 Å².